The lowest BCUT2D eigenvalue weighted by Gasteiger charge is -2.35. The number of amides is 2. The summed E-state index contributed by atoms with van der Waals surface area (Å²) in [7, 11) is 0. The van der Waals surface area contributed by atoms with Crippen LogP contribution in [0.25, 0.3) is 0 Å². The number of morpholine rings is 1. The minimum absolute atomic E-state index is 0.0744. The Balaban J connectivity index is 1.91. The van der Waals surface area contributed by atoms with Crippen LogP contribution in [0.3, 0.4) is 0 Å². The summed E-state index contributed by atoms with van der Waals surface area (Å²) >= 11 is 0. The van der Waals surface area contributed by atoms with Crippen molar-refractivity contribution in [2.45, 2.75) is 51.1 Å². The highest BCUT2D eigenvalue weighted by atomic mass is 16.5. The SMILES string of the molecule is CCC1CCCC(NC(=O)N2CCOCC2C(=O)O)C1. The third kappa shape index (κ3) is 3.62. The number of rotatable bonds is 3. The Kier molecular flexibility index (Phi) is 5.23. The summed E-state index contributed by atoms with van der Waals surface area (Å²) in [6.45, 7) is 2.99. The predicted octanol–water partition coefficient (Wildman–Crippen LogP) is 1.45. The molecule has 2 fully saturated rings. The lowest BCUT2D eigenvalue weighted by molar-refractivity contribution is -0.147. The van der Waals surface area contributed by atoms with Gasteiger partial charge in [0.1, 0.15) is 0 Å². The molecular weight excluding hydrogens is 260 g/mol. The maximum Gasteiger partial charge on any atom is 0.328 e. The van der Waals surface area contributed by atoms with E-state index in [4.69, 9.17) is 9.84 Å². The van der Waals surface area contributed by atoms with E-state index in [-0.39, 0.29) is 18.7 Å². The van der Waals surface area contributed by atoms with Crippen LogP contribution in [0.1, 0.15) is 39.0 Å². The molecule has 6 heteroatoms. The van der Waals surface area contributed by atoms with Gasteiger partial charge in [0.15, 0.2) is 6.04 Å². The molecular formula is C14H24N2O4. The van der Waals surface area contributed by atoms with Crippen LogP contribution in [-0.4, -0.2) is 53.8 Å². The molecule has 1 heterocycles. The molecule has 1 saturated carbocycles. The molecule has 3 atom stereocenters. The molecule has 1 aliphatic heterocycles. The molecule has 0 radical (unpaired) electrons. The van der Waals surface area contributed by atoms with Crippen LogP contribution in [0.4, 0.5) is 4.79 Å². The van der Waals surface area contributed by atoms with Gasteiger partial charge in [-0.15, -0.1) is 0 Å². The van der Waals surface area contributed by atoms with E-state index in [2.05, 4.69) is 12.2 Å². The zero-order chi connectivity index (χ0) is 14.5. The van der Waals surface area contributed by atoms with Gasteiger partial charge in [-0.2, -0.15) is 0 Å². The van der Waals surface area contributed by atoms with E-state index in [1.54, 1.807) is 0 Å². The Hall–Kier alpha value is -1.30. The van der Waals surface area contributed by atoms with E-state index in [9.17, 15) is 9.59 Å². The summed E-state index contributed by atoms with van der Waals surface area (Å²) in [5.74, 6) is -0.330. The van der Waals surface area contributed by atoms with E-state index < -0.39 is 12.0 Å². The van der Waals surface area contributed by atoms with Crippen molar-refractivity contribution in [3.8, 4) is 0 Å². The van der Waals surface area contributed by atoms with Gasteiger partial charge in [-0.05, 0) is 18.8 Å². The highest BCUT2D eigenvalue weighted by Gasteiger charge is 2.34. The standard InChI is InChI=1S/C14H24N2O4/c1-2-10-4-3-5-11(8-10)15-14(19)16-6-7-20-9-12(16)13(17)18/h10-12H,2-9H2,1H3,(H,15,19)(H,17,18). The number of carbonyl (C=O) groups excluding carboxylic acids is 1. The third-order valence-corrected chi connectivity index (χ3v) is 4.36. The highest BCUT2D eigenvalue weighted by Crippen LogP contribution is 2.26. The topological polar surface area (TPSA) is 78.9 Å². The Bertz CT molecular complexity index is 361. The number of carboxylic acid groups (broad SMARTS) is 1. The minimum Gasteiger partial charge on any atom is -0.480 e. The molecule has 20 heavy (non-hydrogen) atoms. The molecule has 1 saturated heterocycles. The van der Waals surface area contributed by atoms with Crippen LogP contribution in [-0.2, 0) is 9.53 Å². The van der Waals surface area contributed by atoms with Crippen LogP contribution >= 0.6 is 0 Å². The van der Waals surface area contributed by atoms with E-state index in [0.717, 1.165) is 25.7 Å². The van der Waals surface area contributed by atoms with Crippen molar-refractivity contribution >= 4 is 12.0 Å². The first-order valence-corrected chi connectivity index (χ1v) is 7.49. The maximum atomic E-state index is 12.3. The summed E-state index contributed by atoms with van der Waals surface area (Å²) in [5.41, 5.74) is 0. The van der Waals surface area contributed by atoms with Gasteiger partial charge in [-0.25, -0.2) is 9.59 Å². The molecule has 0 spiro atoms. The van der Waals surface area contributed by atoms with Crippen molar-refractivity contribution in [1.82, 2.24) is 10.2 Å². The molecule has 3 unspecified atom stereocenters. The van der Waals surface area contributed by atoms with Crippen molar-refractivity contribution in [2.24, 2.45) is 5.92 Å². The summed E-state index contributed by atoms with van der Waals surface area (Å²) in [4.78, 5) is 24.8. The number of nitrogens with zero attached hydrogens (tertiary/aromatic N) is 1. The number of nitrogens with one attached hydrogen (secondary N) is 1. The molecule has 6 nitrogen and oxygen atoms in total. The van der Waals surface area contributed by atoms with Crippen molar-refractivity contribution < 1.29 is 19.4 Å². The van der Waals surface area contributed by atoms with E-state index in [1.165, 1.54) is 11.3 Å². The second kappa shape index (κ2) is 6.92. The van der Waals surface area contributed by atoms with Crippen LogP contribution < -0.4 is 5.32 Å². The molecule has 1 aliphatic carbocycles. The van der Waals surface area contributed by atoms with Gasteiger partial charge in [-0.3, -0.25) is 0 Å². The first-order chi connectivity index (χ1) is 9.61. The quantitative estimate of drug-likeness (QED) is 0.822. The van der Waals surface area contributed by atoms with Gasteiger partial charge in [0.05, 0.1) is 13.2 Å². The fourth-order valence-corrected chi connectivity index (χ4v) is 3.10. The number of hydrogen-bond donors (Lipinski definition) is 2. The second-order valence-corrected chi connectivity index (χ2v) is 5.71. The largest absolute Gasteiger partial charge is 0.480 e. The molecule has 2 rings (SSSR count). The van der Waals surface area contributed by atoms with Crippen molar-refractivity contribution in [1.29, 1.82) is 0 Å². The zero-order valence-electron chi connectivity index (χ0n) is 12.0. The number of ether oxygens (including phenoxy) is 1. The Labute approximate surface area is 119 Å². The number of urea groups is 1. The second-order valence-electron chi connectivity index (χ2n) is 5.71. The van der Waals surface area contributed by atoms with Gasteiger partial charge in [-0.1, -0.05) is 26.2 Å². The maximum absolute atomic E-state index is 12.3. The van der Waals surface area contributed by atoms with Crippen LogP contribution in [0.2, 0.25) is 0 Å². The molecule has 2 aliphatic rings. The molecule has 0 bridgehead atoms. The van der Waals surface area contributed by atoms with Crippen LogP contribution in [0.5, 0.6) is 0 Å². The van der Waals surface area contributed by atoms with Crippen LogP contribution in [0, 0.1) is 5.92 Å². The first-order valence-electron chi connectivity index (χ1n) is 7.49. The van der Waals surface area contributed by atoms with Gasteiger partial charge in [0, 0.05) is 12.6 Å². The fourth-order valence-electron chi connectivity index (χ4n) is 3.10. The summed E-state index contributed by atoms with van der Waals surface area (Å²) in [6, 6.07) is -0.949. The lowest BCUT2D eigenvalue weighted by Crippen LogP contribution is -2.57. The van der Waals surface area contributed by atoms with Gasteiger partial charge >= 0.3 is 12.0 Å². The van der Waals surface area contributed by atoms with Crippen molar-refractivity contribution in [3.05, 3.63) is 0 Å². The first kappa shape index (κ1) is 15.1. The normalized spacial score (nSPS) is 30.9. The summed E-state index contributed by atoms with van der Waals surface area (Å²) in [5, 5.41) is 12.1. The number of carboxylic acids is 1. The average Bonchev–Trinajstić information content (AvgIpc) is 2.47. The van der Waals surface area contributed by atoms with Gasteiger partial charge in [0.2, 0.25) is 0 Å². The molecule has 2 N–H and O–H groups in total. The Morgan fingerprint density at radius 3 is 2.90 bits per heavy atom. The predicted molar refractivity (Wildman–Crippen MR) is 73.5 cm³/mol. The highest BCUT2D eigenvalue weighted by molar-refractivity contribution is 5.83. The fraction of sp³-hybridized carbons (Fsp3) is 0.857. The Morgan fingerprint density at radius 1 is 1.40 bits per heavy atom. The monoisotopic (exact) mass is 284 g/mol. The molecule has 0 aromatic carbocycles. The summed E-state index contributed by atoms with van der Waals surface area (Å²) in [6.07, 6.45) is 5.50. The number of hydrogen-bond acceptors (Lipinski definition) is 3. The smallest absolute Gasteiger partial charge is 0.328 e. The van der Waals surface area contributed by atoms with Crippen LogP contribution in [0.15, 0.2) is 0 Å². The van der Waals surface area contributed by atoms with E-state index in [0.29, 0.717) is 19.1 Å². The average molecular weight is 284 g/mol. The molecule has 114 valence electrons. The lowest BCUT2D eigenvalue weighted by atomic mass is 9.84. The zero-order valence-corrected chi connectivity index (χ0v) is 12.0. The molecule has 2 amide bonds. The van der Waals surface area contributed by atoms with E-state index in [1.807, 2.05) is 0 Å². The third-order valence-electron chi connectivity index (χ3n) is 4.36. The van der Waals surface area contributed by atoms with Crippen molar-refractivity contribution in [2.75, 3.05) is 19.8 Å². The Morgan fingerprint density at radius 2 is 2.20 bits per heavy atom. The van der Waals surface area contributed by atoms with E-state index >= 15 is 0 Å². The van der Waals surface area contributed by atoms with Gasteiger partial charge < -0.3 is 20.1 Å². The van der Waals surface area contributed by atoms with Crippen molar-refractivity contribution in [3.63, 3.8) is 0 Å². The minimum atomic E-state index is -1.00. The number of carbonyl (C=O) groups is 2. The molecule has 0 aromatic rings. The summed E-state index contributed by atoms with van der Waals surface area (Å²) < 4.78 is 5.15. The molecule has 0 aromatic heterocycles. The number of aliphatic carboxylic acids is 1. The van der Waals surface area contributed by atoms with Gasteiger partial charge in [0.25, 0.3) is 0 Å².